The van der Waals surface area contributed by atoms with Crippen molar-refractivity contribution in [3.05, 3.63) is 64.7 Å². The molecule has 2 aromatic carbocycles. The van der Waals surface area contributed by atoms with Crippen LogP contribution in [0.15, 0.2) is 42.5 Å². The van der Waals surface area contributed by atoms with Crippen molar-refractivity contribution in [3.63, 3.8) is 0 Å². The van der Waals surface area contributed by atoms with Gasteiger partial charge in [-0.25, -0.2) is 0 Å². The molecule has 1 N–H and O–H groups in total. The highest BCUT2D eigenvalue weighted by atomic mass is 16.5. The Balaban J connectivity index is 1.60. The molecule has 3 rings (SSSR count). The zero-order valence-corrected chi connectivity index (χ0v) is 14.5. The van der Waals surface area contributed by atoms with Gasteiger partial charge in [-0.3, -0.25) is 4.79 Å². The number of ether oxygens (including phenoxy) is 1. The lowest BCUT2D eigenvalue weighted by Gasteiger charge is -2.17. The summed E-state index contributed by atoms with van der Waals surface area (Å²) in [7, 11) is 1.65. The smallest absolute Gasteiger partial charge is 0.224 e. The van der Waals surface area contributed by atoms with E-state index in [1.54, 1.807) is 7.11 Å². The molecule has 3 heteroatoms. The third kappa shape index (κ3) is 3.97. The maximum atomic E-state index is 12.4. The van der Waals surface area contributed by atoms with E-state index < -0.39 is 0 Å². The van der Waals surface area contributed by atoms with Gasteiger partial charge < -0.3 is 10.1 Å². The van der Waals surface area contributed by atoms with Gasteiger partial charge in [0, 0.05) is 0 Å². The molecule has 1 atom stereocenters. The Morgan fingerprint density at radius 1 is 1.08 bits per heavy atom. The number of rotatable bonds is 5. The van der Waals surface area contributed by atoms with Crippen LogP contribution in [0.2, 0.25) is 0 Å². The molecule has 0 spiro atoms. The molecule has 0 saturated heterocycles. The molecule has 1 aliphatic rings. The lowest BCUT2D eigenvalue weighted by atomic mass is 9.90. The summed E-state index contributed by atoms with van der Waals surface area (Å²) in [5.74, 6) is 0.889. The Bertz CT molecular complexity index is 706. The normalized spacial score (nSPS) is 14.6. The molecule has 0 fully saturated rings. The zero-order valence-electron chi connectivity index (χ0n) is 14.5. The summed E-state index contributed by atoms with van der Waals surface area (Å²) < 4.78 is 5.17. The third-order valence-electron chi connectivity index (χ3n) is 4.77. The molecule has 0 heterocycles. The van der Waals surface area contributed by atoms with Crippen molar-refractivity contribution in [3.8, 4) is 5.75 Å². The molecule has 0 radical (unpaired) electrons. The second kappa shape index (κ2) is 7.52. The van der Waals surface area contributed by atoms with E-state index in [2.05, 4.69) is 23.5 Å². The largest absolute Gasteiger partial charge is 0.497 e. The monoisotopic (exact) mass is 323 g/mol. The van der Waals surface area contributed by atoms with Crippen LogP contribution in [-0.2, 0) is 24.1 Å². The van der Waals surface area contributed by atoms with Crippen molar-refractivity contribution in [1.82, 2.24) is 5.32 Å². The highest BCUT2D eigenvalue weighted by Crippen LogP contribution is 2.23. The van der Waals surface area contributed by atoms with Gasteiger partial charge in [0.1, 0.15) is 5.75 Å². The Labute approximate surface area is 144 Å². The number of nitrogens with one attached hydrogen (secondary N) is 1. The lowest BCUT2D eigenvalue weighted by Crippen LogP contribution is -2.28. The van der Waals surface area contributed by atoms with Crippen molar-refractivity contribution in [2.24, 2.45) is 0 Å². The summed E-state index contributed by atoms with van der Waals surface area (Å²) in [5.41, 5.74) is 5.07. The molecule has 0 bridgehead atoms. The van der Waals surface area contributed by atoms with Gasteiger partial charge in [-0.2, -0.15) is 0 Å². The SMILES string of the molecule is COc1ccc(C(C)NC(=O)Cc2ccc3c(c2)CCCC3)cc1. The van der Waals surface area contributed by atoms with Crippen molar-refractivity contribution in [2.45, 2.75) is 45.1 Å². The summed E-state index contributed by atoms with van der Waals surface area (Å²) in [6.07, 6.45) is 5.31. The molecule has 1 unspecified atom stereocenters. The van der Waals surface area contributed by atoms with Crippen LogP contribution in [0.5, 0.6) is 5.75 Å². The van der Waals surface area contributed by atoms with Crippen molar-refractivity contribution < 1.29 is 9.53 Å². The lowest BCUT2D eigenvalue weighted by molar-refractivity contribution is -0.121. The van der Waals surface area contributed by atoms with Crippen LogP contribution >= 0.6 is 0 Å². The fourth-order valence-corrected chi connectivity index (χ4v) is 3.35. The molecule has 1 aliphatic carbocycles. The van der Waals surface area contributed by atoms with E-state index in [4.69, 9.17) is 4.74 Å². The Morgan fingerprint density at radius 3 is 2.50 bits per heavy atom. The number of carbonyl (C=O) groups excluding carboxylic acids is 1. The van der Waals surface area contributed by atoms with Gasteiger partial charge in [-0.15, -0.1) is 0 Å². The second-order valence-corrected chi connectivity index (χ2v) is 6.55. The van der Waals surface area contributed by atoms with E-state index >= 15 is 0 Å². The average Bonchev–Trinajstić information content (AvgIpc) is 2.61. The summed E-state index contributed by atoms with van der Waals surface area (Å²) in [5, 5.41) is 3.08. The molecule has 0 aliphatic heterocycles. The molecule has 3 nitrogen and oxygen atoms in total. The Morgan fingerprint density at radius 2 is 1.79 bits per heavy atom. The van der Waals surface area contributed by atoms with Gasteiger partial charge in [0.15, 0.2) is 0 Å². The van der Waals surface area contributed by atoms with Gasteiger partial charge >= 0.3 is 0 Å². The number of methoxy groups -OCH3 is 1. The minimum absolute atomic E-state index is 0.0129. The van der Waals surface area contributed by atoms with Crippen LogP contribution in [0, 0.1) is 0 Å². The predicted molar refractivity (Wildman–Crippen MR) is 96.3 cm³/mol. The Hall–Kier alpha value is -2.29. The van der Waals surface area contributed by atoms with E-state index in [0.29, 0.717) is 6.42 Å². The van der Waals surface area contributed by atoms with E-state index in [-0.39, 0.29) is 11.9 Å². The van der Waals surface area contributed by atoms with Crippen LogP contribution in [0.1, 0.15) is 48.1 Å². The number of fused-ring (bicyclic) bond motifs is 1. The summed E-state index contributed by atoms with van der Waals surface area (Å²) in [6.45, 7) is 2.01. The number of carbonyl (C=O) groups is 1. The second-order valence-electron chi connectivity index (χ2n) is 6.55. The quantitative estimate of drug-likeness (QED) is 0.903. The standard InChI is InChI=1S/C21H25NO2/c1-15(17-9-11-20(24-2)12-10-17)22-21(23)14-16-7-8-18-5-3-4-6-19(18)13-16/h7-13,15H,3-6,14H2,1-2H3,(H,22,23). The molecule has 0 saturated carbocycles. The van der Waals surface area contributed by atoms with Gasteiger partial charge in [-0.1, -0.05) is 30.3 Å². The summed E-state index contributed by atoms with van der Waals surface area (Å²) in [4.78, 5) is 12.4. The molecular formula is C21H25NO2. The first-order valence-electron chi connectivity index (χ1n) is 8.69. The number of hydrogen-bond donors (Lipinski definition) is 1. The topological polar surface area (TPSA) is 38.3 Å². The fourth-order valence-electron chi connectivity index (χ4n) is 3.35. The predicted octanol–water partition coefficient (Wildman–Crippen LogP) is 3.99. The van der Waals surface area contributed by atoms with Crippen LogP contribution in [0.3, 0.4) is 0 Å². The minimum atomic E-state index is -0.0129. The van der Waals surface area contributed by atoms with Crippen molar-refractivity contribution >= 4 is 5.91 Å². The summed E-state index contributed by atoms with van der Waals surface area (Å²) in [6, 6.07) is 14.3. The van der Waals surface area contributed by atoms with E-state index in [0.717, 1.165) is 23.3 Å². The molecule has 24 heavy (non-hydrogen) atoms. The average molecular weight is 323 g/mol. The van der Waals surface area contributed by atoms with E-state index in [1.807, 2.05) is 31.2 Å². The van der Waals surface area contributed by atoms with E-state index in [1.165, 1.54) is 30.4 Å². The van der Waals surface area contributed by atoms with Crippen molar-refractivity contribution in [2.75, 3.05) is 7.11 Å². The van der Waals surface area contributed by atoms with Gasteiger partial charge in [0.05, 0.1) is 19.6 Å². The van der Waals surface area contributed by atoms with E-state index in [9.17, 15) is 4.79 Å². The minimum Gasteiger partial charge on any atom is -0.497 e. The summed E-state index contributed by atoms with van der Waals surface area (Å²) >= 11 is 0. The fraction of sp³-hybridized carbons (Fsp3) is 0.381. The number of benzene rings is 2. The molecule has 0 aromatic heterocycles. The van der Waals surface area contributed by atoms with Crippen LogP contribution in [0.4, 0.5) is 0 Å². The number of hydrogen-bond acceptors (Lipinski definition) is 2. The van der Waals surface area contributed by atoms with Crippen LogP contribution < -0.4 is 10.1 Å². The van der Waals surface area contributed by atoms with Crippen LogP contribution in [-0.4, -0.2) is 13.0 Å². The highest BCUT2D eigenvalue weighted by molar-refractivity contribution is 5.79. The molecule has 1 amide bonds. The van der Waals surface area contributed by atoms with Gasteiger partial charge in [0.25, 0.3) is 0 Å². The molecule has 2 aromatic rings. The molecule has 126 valence electrons. The maximum absolute atomic E-state index is 12.4. The Kier molecular flexibility index (Phi) is 5.19. The first-order chi connectivity index (χ1) is 11.7. The van der Waals surface area contributed by atoms with Crippen LogP contribution in [0.25, 0.3) is 0 Å². The first-order valence-corrected chi connectivity index (χ1v) is 8.69. The zero-order chi connectivity index (χ0) is 16.9. The first kappa shape index (κ1) is 16.6. The van der Waals surface area contributed by atoms with Gasteiger partial charge in [0.2, 0.25) is 5.91 Å². The number of amides is 1. The highest BCUT2D eigenvalue weighted by Gasteiger charge is 2.13. The third-order valence-corrected chi connectivity index (χ3v) is 4.77. The van der Waals surface area contributed by atoms with Crippen molar-refractivity contribution in [1.29, 1.82) is 0 Å². The molecular weight excluding hydrogens is 298 g/mol. The number of aryl methyl sites for hydroxylation is 2. The maximum Gasteiger partial charge on any atom is 0.224 e. The van der Waals surface area contributed by atoms with Gasteiger partial charge in [-0.05, 0) is 67.0 Å².